The van der Waals surface area contributed by atoms with Gasteiger partial charge >= 0.3 is 0 Å². The molecule has 2 aliphatic heterocycles. The number of nitrogens with one attached hydrogen (secondary N) is 1. The van der Waals surface area contributed by atoms with Crippen molar-refractivity contribution in [2.45, 2.75) is 38.6 Å². The van der Waals surface area contributed by atoms with Gasteiger partial charge in [0.15, 0.2) is 11.5 Å². The molecule has 1 saturated heterocycles. The van der Waals surface area contributed by atoms with Gasteiger partial charge in [0.05, 0.1) is 25.5 Å². The molecule has 0 bridgehead atoms. The van der Waals surface area contributed by atoms with E-state index in [1.165, 1.54) is 5.56 Å². The minimum Gasteiger partial charge on any atom is -0.493 e. The van der Waals surface area contributed by atoms with E-state index in [1.807, 2.05) is 38.1 Å². The highest BCUT2D eigenvalue weighted by atomic mass is 35.5. The zero-order chi connectivity index (χ0) is 24.8. The summed E-state index contributed by atoms with van der Waals surface area (Å²) < 4.78 is 16.9. The van der Waals surface area contributed by atoms with Crippen molar-refractivity contribution in [3.63, 3.8) is 0 Å². The molecule has 196 valence electrons. The molecule has 2 heterocycles. The van der Waals surface area contributed by atoms with Crippen LogP contribution in [-0.2, 0) is 4.74 Å². The first-order chi connectivity index (χ1) is 17.0. The maximum absolute atomic E-state index is 12.5. The number of carbonyl (C=O) groups is 1. The summed E-state index contributed by atoms with van der Waals surface area (Å²) >= 11 is 0. The molecule has 0 spiro atoms. The fourth-order valence-electron chi connectivity index (χ4n) is 4.95. The van der Waals surface area contributed by atoms with Gasteiger partial charge in [-0.15, -0.1) is 12.4 Å². The number of benzene rings is 2. The number of rotatable bonds is 10. The van der Waals surface area contributed by atoms with Gasteiger partial charge in [-0.1, -0.05) is 12.1 Å². The summed E-state index contributed by atoms with van der Waals surface area (Å²) in [4.78, 5) is 20.2. The van der Waals surface area contributed by atoms with E-state index >= 15 is 0 Å². The Morgan fingerprint density at radius 3 is 2.61 bits per heavy atom. The number of likely N-dealkylation sites (N-methyl/N-ethyl adjacent to an activating group) is 1. The first kappa shape index (κ1) is 28.0. The number of hydrogen-bond acceptors (Lipinski definition) is 6. The Balaban J connectivity index is 0.00000361. The number of carbonyl (C=O) groups excluding carboxylic acids is 1. The Hall–Kier alpha value is -2.61. The minimum atomic E-state index is -0.0718. The number of piperidine rings is 1. The number of nitrogens with zero attached hydrogens (tertiary/aromatic N) is 2. The van der Waals surface area contributed by atoms with Crippen LogP contribution in [0.4, 0.5) is 0 Å². The zero-order valence-electron chi connectivity index (χ0n) is 21.7. The van der Waals surface area contributed by atoms with Gasteiger partial charge < -0.3 is 24.4 Å². The average molecular weight is 516 g/mol. The predicted molar refractivity (Wildman–Crippen MR) is 146 cm³/mol. The summed E-state index contributed by atoms with van der Waals surface area (Å²) in [6.07, 6.45) is 1.82. The molecular weight excluding hydrogens is 478 g/mol. The maximum Gasteiger partial charge on any atom is 0.251 e. The second-order valence-electron chi connectivity index (χ2n) is 9.11. The molecule has 2 atom stereocenters. The third kappa shape index (κ3) is 6.20. The normalized spacial score (nSPS) is 18.8. The second kappa shape index (κ2) is 13.1. The topological polar surface area (TPSA) is 72.4 Å². The van der Waals surface area contributed by atoms with E-state index < -0.39 is 0 Å². The SMILES string of the molecule is CCOCCCNC(=O)c1ccc(C2=N[C@@H]3CCN(C)C[C@@H]3c3cc(OCC)c(OC)cc32)cc1.Cl. The van der Waals surface area contributed by atoms with Crippen LogP contribution in [0.1, 0.15) is 59.7 Å². The smallest absolute Gasteiger partial charge is 0.251 e. The van der Waals surface area contributed by atoms with Gasteiger partial charge in [-0.2, -0.15) is 0 Å². The molecule has 2 aromatic carbocycles. The third-order valence-electron chi connectivity index (χ3n) is 6.74. The van der Waals surface area contributed by atoms with Gasteiger partial charge in [0, 0.05) is 48.9 Å². The molecule has 0 aromatic heterocycles. The minimum absolute atomic E-state index is 0. The van der Waals surface area contributed by atoms with Crippen molar-refractivity contribution in [1.29, 1.82) is 0 Å². The summed E-state index contributed by atoms with van der Waals surface area (Å²) in [6, 6.07) is 12.2. The number of halogens is 1. The van der Waals surface area contributed by atoms with Gasteiger partial charge in [-0.3, -0.25) is 9.79 Å². The highest BCUT2D eigenvalue weighted by Gasteiger charge is 2.36. The Bertz CT molecular complexity index is 1060. The number of hydrogen-bond donors (Lipinski definition) is 1. The molecule has 4 rings (SSSR count). The van der Waals surface area contributed by atoms with Crippen molar-refractivity contribution < 1.29 is 19.0 Å². The molecular formula is C28H38ClN3O4. The highest BCUT2D eigenvalue weighted by Crippen LogP contribution is 2.42. The Labute approximate surface area is 220 Å². The molecule has 0 aliphatic carbocycles. The largest absolute Gasteiger partial charge is 0.493 e. The second-order valence-corrected chi connectivity index (χ2v) is 9.11. The van der Waals surface area contributed by atoms with Crippen molar-refractivity contribution in [1.82, 2.24) is 10.2 Å². The van der Waals surface area contributed by atoms with Gasteiger partial charge in [0.1, 0.15) is 0 Å². The standard InChI is InChI=1S/C28H37N3O4.ClH/c1-5-34-15-7-13-29-28(32)20-10-8-19(9-11-20)27-22-17-25(33-4)26(35-6-2)16-21(22)23-18-31(3)14-12-24(23)30-27;/h8-11,16-17,23-24H,5-7,12-15,18H2,1-4H3,(H,29,32);1H/t23-,24-;/m1./s1. The lowest BCUT2D eigenvalue weighted by Crippen LogP contribution is -2.41. The first-order valence-electron chi connectivity index (χ1n) is 12.6. The van der Waals surface area contributed by atoms with Gasteiger partial charge in [0.2, 0.25) is 0 Å². The third-order valence-corrected chi connectivity index (χ3v) is 6.74. The molecule has 8 heteroatoms. The first-order valence-corrected chi connectivity index (χ1v) is 12.6. The Kier molecular flexibility index (Phi) is 10.2. The van der Waals surface area contributed by atoms with Gasteiger partial charge in [0.25, 0.3) is 5.91 Å². The number of aliphatic imine (C=N–C) groups is 1. The summed E-state index contributed by atoms with van der Waals surface area (Å²) in [6.45, 7) is 8.48. The summed E-state index contributed by atoms with van der Waals surface area (Å²) in [5, 5.41) is 2.96. The van der Waals surface area contributed by atoms with Crippen LogP contribution in [0.2, 0.25) is 0 Å². The van der Waals surface area contributed by atoms with E-state index in [-0.39, 0.29) is 24.4 Å². The fraction of sp³-hybridized carbons (Fsp3) is 0.500. The number of likely N-dealkylation sites (tertiary alicyclic amines) is 1. The van der Waals surface area contributed by atoms with Crippen molar-refractivity contribution in [3.8, 4) is 11.5 Å². The van der Waals surface area contributed by atoms with E-state index in [2.05, 4.69) is 29.4 Å². The molecule has 36 heavy (non-hydrogen) atoms. The Morgan fingerprint density at radius 1 is 1.14 bits per heavy atom. The van der Waals surface area contributed by atoms with Crippen molar-refractivity contribution in [3.05, 3.63) is 58.7 Å². The summed E-state index contributed by atoms with van der Waals surface area (Å²) in [7, 11) is 3.84. The van der Waals surface area contributed by atoms with Gasteiger partial charge in [-0.05, 0) is 70.1 Å². The van der Waals surface area contributed by atoms with E-state index in [1.54, 1.807) is 7.11 Å². The molecule has 0 radical (unpaired) electrons. The quantitative estimate of drug-likeness (QED) is 0.477. The maximum atomic E-state index is 12.5. The predicted octanol–water partition coefficient (Wildman–Crippen LogP) is 4.31. The van der Waals surface area contributed by atoms with Crippen LogP contribution in [0.25, 0.3) is 0 Å². The molecule has 1 amide bonds. The highest BCUT2D eigenvalue weighted by molar-refractivity contribution is 6.15. The number of fused-ring (bicyclic) bond motifs is 3. The van der Waals surface area contributed by atoms with Crippen LogP contribution in [0.5, 0.6) is 11.5 Å². The molecule has 0 unspecified atom stereocenters. The average Bonchev–Trinajstić information content (AvgIpc) is 2.88. The van der Waals surface area contributed by atoms with Crippen molar-refractivity contribution in [2.24, 2.45) is 4.99 Å². The number of ether oxygens (including phenoxy) is 3. The summed E-state index contributed by atoms with van der Waals surface area (Å²) in [5.74, 6) is 1.74. The lowest BCUT2D eigenvalue weighted by Gasteiger charge is -2.39. The molecule has 2 aliphatic rings. The zero-order valence-corrected chi connectivity index (χ0v) is 22.5. The van der Waals surface area contributed by atoms with E-state index in [0.717, 1.165) is 48.5 Å². The molecule has 1 fully saturated rings. The van der Waals surface area contributed by atoms with Crippen LogP contribution in [0, 0.1) is 0 Å². The molecule has 1 N–H and O–H groups in total. The van der Waals surface area contributed by atoms with Crippen LogP contribution in [-0.4, -0.2) is 76.2 Å². The van der Waals surface area contributed by atoms with E-state index in [4.69, 9.17) is 19.2 Å². The molecule has 7 nitrogen and oxygen atoms in total. The van der Waals surface area contributed by atoms with Crippen molar-refractivity contribution >= 4 is 24.0 Å². The van der Waals surface area contributed by atoms with Gasteiger partial charge in [-0.25, -0.2) is 0 Å². The number of amides is 1. The Morgan fingerprint density at radius 2 is 1.92 bits per heavy atom. The van der Waals surface area contributed by atoms with Crippen LogP contribution >= 0.6 is 12.4 Å². The van der Waals surface area contributed by atoms with Crippen molar-refractivity contribution in [2.75, 3.05) is 53.6 Å². The fourth-order valence-corrected chi connectivity index (χ4v) is 4.95. The van der Waals surface area contributed by atoms with E-state index in [0.29, 0.717) is 43.6 Å². The molecule has 2 aromatic rings. The lowest BCUT2D eigenvalue weighted by molar-refractivity contribution is 0.0944. The van der Waals surface area contributed by atoms with Crippen LogP contribution in [0.3, 0.4) is 0 Å². The molecule has 0 saturated carbocycles. The monoisotopic (exact) mass is 515 g/mol. The van der Waals surface area contributed by atoms with E-state index in [9.17, 15) is 4.79 Å². The lowest BCUT2D eigenvalue weighted by atomic mass is 9.79. The van der Waals surface area contributed by atoms with Crippen LogP contribution < -0.4 is 14.8 Å². The summed E-state index contributed by atoms with van der Waals surface area (Å²) in [5.41, 5.74) is 4.93. The van der Waals surface area contributed by atoms with Crippen LogP contribution in [0.15, 0.2) is 41.4 Å². The number of methoxy groups -OCH3 is 1.